The van der Waals surface area contributed by atoms with Crippen LogP contribution in [0.3, 0.4) is 0 Å². The van der Waals surface area contributed by atoms with Crippen LogP contribution < -0.4 is 5.32 Å². The summed E-state index contributed by atoms with van der Waals surface area (Å²) in [5.74, 6) is 1.18. The van der Waals surface area contributed by atoms with Gasteiger partial charge in [-0.25, -0.2) is 4.98 Å². The zero-order chi connectivity index (χ0) is 21.5. The molecule has 6 nitrogen and oxygen atoms in total. The van der Waals surface area contributed by atoms with Gasteiger partial charge in [0.2, 0.25) is 5.91 Å². The van der Waals surface area contributed by atoms with Crippen molar-refractivity contribution in [3.05, 3.63) is 30.1 Å². The Morgan fingerprint density at radius 2 is 2.00 bits per heavy atom. The molecule has 0 saturated heterocycles. The molecule has 2 heterocycles. The minimum absolute atomic E-state index is 0.0400. The van der Waals surface area contributed by atoms with Gasteiger partial charge in [0.05, 0.1) is 17.6 Å². The number of nitrogens with zero attached hydrogens (tertiary/aromatic N) is 3. The van der Waals surface area contributed by atoms with Gasteiger partial charge in [-0.05, 0) is 50.2 Å². The first kappa shape index (κ1) is 20.9. The molecule has 162 valence electrons. The Kier molecular flexibility index (Phi) is 5.60. The number of rotatable bonds is 5. The van der Waals surface area contributed by atoms with E-state index in [1.807, 2.05) is 35.8 Å². The molecule has 1 aliphatic heterocycles. The van der Waals surface area contributed by atoms with Crippen molar-refractivity contribution < 1.29 is 9.59 Å². The predicted octanol–water partition coefficient (Wildman–Crippen LogP) is 3.99. The number of aromatic nitrogens is 2. The fourth-order valence-electron chi connectivity index (χ4n) is 4.92. The molecule has 0 spiro atoms. The zero-order valence-electron chi connectivity index (χ0n) is 18.6. The Hall–Kier alpha value is -2.37. The number of fused-ring (bicyclic) bond motifs is 3. The number of para-hydroxylation sites is 2. The molecule has 6 heteroatoms. The van der Waals surface area contributed by atoms with Gasteiger partial charge in [-0.1, -0.05) is 45.7 Å². The van der Waals surface area contributed by atoms with E-state index in [1.54, 1.807) is 4.90 Å². The molecule has 30 heavy (non-hydrogen) atoms. The maximum Gasteiger partial charge on any atom is 0.290 e. The molecule has 1 aromatic heterocycles. The van der Waals surface area contributed by atoms with Crippen molar-refractivity contribution in [1.29, 1.82) is 0 Å². The predicted molar refractivity (Wildman–Crippen MR) is 118 cm³/mol. The van der Waals surface area contributed by atoms with E-state index in [-0.39, 0.29) is 17.9 Å². The highest BCUT2D eigenvalue weighted by Crippen LogP contribution is 2.32. The van der Waals surface area contributed by atoms with E-state index in [1.165, 1.54) is 6.42 Å². The molecular weight excluding hydrogens is 376 g/mol. The minimum atomic E-state index is -0.931. The number of nitrogens with one attached hydrogen (secondary N) is 1. The van der Waals surface area contributed by atoms with Crippen molar-refractivity contribution in [2.75, 3.05) is 6.54 Å². The Morgan fingerprint density at radius 3 is 2.73 bits per heavy atom. The van der Waals surface area contributed by atoms with Gasteiger partial charge in [0.25, 0.3) is 5.91 Å². The Morgan fingerprint density at radius 1 is 1.27 bits per heavy atom. The summed E-state index contributed by atoms with van der Waals surface area (Å²) in [5, 5.41) is 3.32. The summed E-state index contributed by atoms with van der Waals surface area (Å²) in [6.45, 7) is 9.42. The summed E-state index contributed by atoms with van der Waals surface area (Å²) in [7, 11) is 0. The second-order valence-electron chi connectivity index (χ2n) is 9.77. The van der Waals surface area contributed by atoms with Crippen molar-refractivity contribution in [1.82, 2.24) is 19.8 Å². The molecule has 3 atom stereocenters. The van der Waals surface area contributed by atoms with Crippen LogP contribution in [0.5, 0.6) is 0 Å². The average molecular weight is 411 g/mol. The fraction of sp³-hybridized carbons (Fsp3) is 0.625. The average Bonchev–Trinajstić information content (AvgIpc) is 3.08. The van der Waals surface area contributed by atoms with E-state index in [0.717, 1.165) is 36.7 Å². The van der Waals surface area contributed by atoms with Crippen LogP contribution in [0.15, 0.2) is 24.3 Å². The third-order valence-electron chi connectivity index (χ3n) is 7.00. The van der Waals surface area contributed by atoms with Gasteiger partial charge in [0, 0.05) is 12.6 Å². The molecule has 1 fully saturated rings. The Balaban J connectivity index is 1.70. The summed E-state index contributed by atoms with van der Waals surface area (Å²) >= 11 is 0. The van der Waals surface area contributed by atoms with Gasteiger partial charge in [0.1, 0.15) is 5.54 Å². The van der Waals surface area contributed by atoms with Crippen LogP contribution in [0.2, 0.25) is 0 Å². The number of carbonyl (C=O) groups is 2. The highest BCUT2D eigenvalue weighted by Gasteiger charge is 2.48. The van der Waals surface area contributed by atoms with E-state index in [2.05, 4.69) is 31.1 Å². The van der Waals surface area contributed by atoms with E-state index < -0.39 is 5.54 Å². The van der Waals surface area contributed by atoms with Crippen molar-refractivity contribution >= 4 is 22.8 Å². The molecule has 1 aliphatic carbocycles. The third kappa shape index (κ3) is 3.61. The van der Waals surface area contributed by atoms with E-state index in [0.29, 0.717) is 30.7 Å². The van der Waals surface area contributed by atoms with Crippen LogP contribution >= 0.6 is 0 Å². The fourth-order valence-corrected chi connectivity index (χ4v) is 4.92. The van der Waals surface area contributed by atoms with Crippen molar-refractivity contribution in [3.8, 4) is 0 Å². The summed E-state index contributed by atoms with van der Waals surface area (Å²) in [5.41, 5.74) is 0.782. The van der Waals surface area contributed by atoms with Gasteiger partial charge in [-0.3, -0.25) is 9.59 Å². The first-order valence-corrected chi connectivity index (χ1v) is 11.4. The second kappa shape index (κ2) is 8.05. The first-order valence-electron chi connectivity index (χ1n) is 11.4. The summed E-state index contributed by atoms with van der Waals surface area (Å²) in [4.78, 5) is 33.6. The second-order valence-corrected chi connectivity index (χ2v) is 9.77. The lowest BCUT2D eigenvalue weighted by Gasteiger charge is -2.45. The van der Waals surface area contributed by atoms with E-state index in [9.17, 15) is 9.59 Å². The molecule has 1 N–H and O–H groups in total. The molecule has 0 unspecified atom stereocenters. The molecule has 2 amide bonds. The normalized spacial score (nSPS) is 26.8. The lowest BCUT2D eigenvalue weighted by atomic mass is 9.85. The molecule has 2 aromatic rings. The van der Waals surface area contributed by atoms with Gasteiger partial charge >= 0.3 is 0 Å². The molecular formula is C24H34N4O2. The van der Waals surface area contributed by atoms with E-state index in [4.69, 9.17) is 0 Å². The van der Waals surface area contributed by atoms with Gasteiger partial charge in [-0.15, -0.1) is 0 Å². The van der Waals surface area contributed by atoms with Crippen LogP contribution in [0.25, 0.3) is 11.0 Å². The van der Waals surface area contributed by atoms with Crippen LogP contribution in [0.4, 0.5) is 0 Å². The minimum Gasteiger partial charge on any atom is -0.351 e. The lowest BCUT2D eigenvalue weighted by molar-refractivity contribution is -0.134. The number of carbonyl (C=O) groups excluding carboxylic acids is 2. The van der Waals surface area contributed by atoms with Crippen molar-refractivity contribution in [3.63, 3.8) is 0 Å². The Labute approximate surface area is 179 Å². The first-order chi connectivity index (χ1) is 14.3. The van der Waals surface area contributed by atoms with Crippen LogP contribution in [0.1, 0.15) is 70.4 Å². The number of hydrogen-bond acceptors (Lipinski definition) is 3. The molecule has 0 bridgehead atoms. The van der Waals surface area contributed by atoms with Crippen LogP contribution in [-0.2, 0) is 11.3 Å². The molecule has 4 rings (SSSR count). The van der Waals surface area contributed by atoms with Gasteiger partial charge < -0.3 is 14.8 Å². The summed E-state index contributed by atoms with van der Waals surface area (Å²) in [6, 6.07) is 7.97. The third-order valence-corrected chi connectivity index (χ3v) is 7.00. The number of amides is 2. The molecule has 0 radical (unpaired) electrons. The van der Waals surface area contributed by atoms with E-state index >= 15 is 0 Å². The maximum absolute atomic E-state index is 13.7. The van der Waals surface area contributed by atoms with Gasteiger partial charge in [0.15, 0.2) is 5.82 Å². The largest absolute Gasteiger partial charge is 0.351 e. The van der Waals surface area contributed by atoms with Crippen LogP contribution in [-0.4, -0.2) is 44.4 Å². The quantitative estimate of drug-likeness (QED) is 0.810. The number of benzene rings is 1. The summed E-state index contributed by atoms with van der Waals surface area (Å²) in [6.07, 6.45) is 5.40. The maximum atomic E-state index is 13.7. The number of hydrogen-bond donors (Lipinski definition) is 1. The number of imidazole rings is 1. The smallest absolute Gasteiger partial charge is 0.290 e. The lowest BCUT2D eigenvalue weighted by Crippen LogP contribution is -2.65. The Bertz CT molecular complexity index is 950. The summed E-state index contributed by atoms with van der Waals surface area (Å²) < 4.78 is 1.94. The highest BCUT2D eigenvalue weighted by molar-refractivity contribution is 6.01. The van der Waals surface area contributed by atoms with Crippen LogP contribution in [0, 0.1) is 11.8 Å². The van der Waals surface area contributed by atoms with Crippen molar-refractivity contribution in [2.45, 2.75) is 77.9 Å². The highest BCUT2D eigenvalue weighted by atomic mass is 16.2. The topological polar surface area (TPSA) is 67.2 Å². The zero-order valence-corrected chi connectivity index (χ0v) is 18.6. The molecule has 1 saturated carbocycles. The standard InChI is InChI=1S/C24H34N4O2/c1-16(2)13-14-28-22(29)21-25-19-11-7-8-12-20(19)27(21)15-24(28,4)23(30)26-18-10-6-5-9-17(18)3/h7-8,11-12,16-18H,5-6,9-10,13-15H2,1-4H3,(H,26,30)/t17-,18-,24+/m0/s1. The molecule has 2 aliphatic rings. The monoisotopic (exact) mass is 410 g/mol. The van der Waals surface area contributed by atoms with Gasteiger partial charge in [-0.2, -0.15) is 0 Å². The SMILES string of the molecule is CC(C)CCN1C(=O)c2nc3ccccc3n2C[C@]1(C)C(=O)N[C@H]1CCCC[C@@H]1C. The molecule has 1 aromatic carbocycles. The van der Waals surface area contributed by atoms with Crippen molar-refractivity contribution in [2.24, 2.45) is 11.8 Å².